The van der Waals surface area contributed by atoms with Gasteiger partial charge in [-0.2, -0.15) is 9.37 Å². The molecule has 1 aliphatic carbocycles. The summed E-state index contributed by atoms with van der Waals surface area (Å²) in [6, 6.07) is 3.95. The smallest absolute Gasteiger partial charge is 0.224 e. The van der Waals surface area contributed by atoms with Crippen molar-refractivity contribution in [3.8, 4) is 11.1 Å². The number of pyridine rings is 1. The molecule has 0 aromatic carbocycles. The first-order chi connectivity index (χ1) is 13.5. The number of halogens is 1. The molecule has 1 aliphatic rings. The van der Waals surface area contributed by atoms with Crippen LogP contribution in [0, 0.1) is 5.95 Å². The van der Waals surface area contributed by atoms with Crippen molar-refractivity contribution in [2.24, 2.45) is 0 Å². The second-order valence-corrected chi connectivity index (χ2v) is 7.80. The highest BCUT2D eigenvalue weighted by molar-refractivity contribution is 5.93. The fraction of sp³-hybridized carbons (Fsp3) is 0.350. The lowest BCUT2D eigenvalue weighted by atomic mass is 9.84. The van der Waals surface area contributed by atoms with Gasteiger partial charge in [0.05, 0.1) is 11.8 Å². The van der Waals surface area contributed by atoms with Gasteiger partial charge in [0, 0.05) is 41.1 Å². The van der Waals surface area contributed by atoms with Gasteiger partial charge in [-0.3, -0.25) is 4.40 Å². The summed E-state index contributed by atoms with van der Waals surface area (Å²) in [6.07, 6.45) is 9.89. The number of aromatic nitrogens is 5. The molecule has 144 valence electrons. The molecule has 0 bridgehead atoms. The predicted octanol–water partition coefficient (Wildman–Crippen LogP) is 3.52. The topological polar surface area (TPSA) is 91.1 Å². The van der Waals surface area contributed by atoms with Crippen LogP contribution in [0.2, 0.25) is 0 Å². The minimum absolute atomic E-state index is 0.263. The van der Waals surface area contributed by atoms with E-state index in [4.69, 9.17) is 0 Å². The molecule has 4 aromatic heterocycles. The Balaban J connectivity index is 1.42. The lowest BCUT2D eigenvalue weighted by molar-refractivity contribution is 0.0196. The van der Waals surface area contributed by atoms with Crippen LogP contribution in [-0.4, -0.2) is 41.1 Å². The van der Waals surface area contributed by atoms with E-state index >= 15 is 0 Å². The number of aliphatic hydroxyl groups is 1. The first-order valence-corrected chi connectivity index (χ1v) is 9.45. The van der Waals surface area contributed by atoms with Gasteiger partial charge < -0.3 is 15.4 Å². The minimum atomic E-state index is -0.562. The molecule has 4 heterocycles. The van der Waals surface area contributed by atoms with E-state index in [-0.39, 0.29) is 6.04 Å². The third-order valence-corrected chi connectivity index (χ3v) is 5.60. The first-order valence-electron chi connectivity index (χ1n) is 9.45. The lowest BCUT2D eigenvalue weighted by Crippen LogP contribution is -2.36. The zero-order valence-corrected chi connectivity index (χ0v) is 15.5. The number of hydrogen-bond donors (Lipinski definition) is 3. The Bertz CT molecular complexity index is 1150. The number of nitrogens with one attached hydrogen (secondary N) is 2. The number of nitrogens with zero attached hydrogens (tertiary/aromatic N) is 4. The third kappa shape index (κ3) is 2.99. The zero-order valence-electron chi connectivity index (χ0n) is 15.5. The van der Waals surface area contributed by atoms with Crippen molar-refractivity contribution in [2.45, 2.75) is 44.2 Å². The van der Waals surface area contributed by atoms with E-state index < -0.39 is 11.5 Å². The maximum absolute atomic E-state index is 13.8. The maximum atomic E-state index is 13.8. The minimum Gasteiger partial charge on any atom is -0.390 e. The Morgan fingerprint density at radius 1 is 1.25 bits per heavy atom. The fourth-order valence-electron chi connectivity index (χ4n) is 3.89. The second-order valence-electron chi connectivity index (χ2n) is 7.80. The van der Waals surface area contributed by atoms with Gasteiger partial charge in [0.15, 0.2) is 0 Å². The number of hydrogen-bond acceptors (Lipinski definition) is 5. The van der Waals surface area contributed by atoms with Crippen LogP contribution in [0.3, 0.4) is 0 Å². The molecular formula is C20H21FN6O. The van der Waals surface area contributed by atoms with E-state index in [9.17, 15) is 9.50 Å². The normalized spacial score (nSPS) is 22.8. The average Bonchev–Trinajstić information content (AvgIpc) is 3.27. The molecule has 7 nitrogen and oxygen atoms in total. The third-order valence-electron chi connectivity index (χ3n) is 5.60. The van der Waals surface area contributed by atoms with E-state index in [2.05, 4.69) is 25.3 Å². The van der Waals surface area contributed by atoms with E-state index in [0.29, 0.717) is 11.6 Å². The number of aromatic amines is 1. The first kappa shape index (κ1) is 17.1. The highest BCUT2D eigenvalue weighted by atomic mass is 19.1. The molecule has 0 saturated heterocycles. The largest absolute Gasteiger partial charge is 0.390 e. The van der Waals surface area contributed by atoms with Gasteiger partial charge in [0.2, 0.25) is 11.9 Å². The Morgan fingerprint density at radius 2 is 2.07 bits per heavy atom. The molecule has 4 aromatic rings. The molecule has 0 radical (unpaired) electrons. The standard InChI is InChI=1S/C20H21FN6O/c1-20(28)6-4-13(5-7-20)25-19-24-9-15-14(8-23-18(15)26-19)12-2-3-17-22-10-16(21)27(17)11-12/h2-3,8-11,13,28H,4-7H2,1H3,(H2,23,24,25,26)/t13-,20-. The summed E-state index contributed by atoms with van der Waals surface area (Å²) in [5.74, 6) is 0.175. The second kappa shape index (κ2) is 6.27. The molecule has 28 heavy (non-hydrogen) atoms. The average molecular weight is 380 g/mol. The van der Waals surface area contributed by atoms with Crippen LogP contribution >= 0.6 is 0 Å². The number of H-pyrrole nitrogens is 1. The highest BCUT2D eigenvalue weighted by Gasteiger charge is 2.28. The van der Waals surface area contributed by atoms with Crippen LogP contribution in [0.4, 0.5) is 10.3 Å². The van der Waals surface area contributed by atoms with E-state index in [1.807, 2.05) is 19.2 Å². The van der Waals surface area contributed by atoms with Crippen LogP contribution in [0.5, 0.6) is 0 Å². The van der Waals surface area contributed by atoms with Gasteiger partial charge in [-0.05, 0) is 44.7 Å². The van der Waals surface area contributed by atoms with Crippen LogP contribution in [0.15, 0.2) is 36.9 Å². The van der Waals surface area contributed by atoms with Crippen LogP contribution in [-0.2, 0) is 0 Å². The van der Waals surface area contributed by atoms with Crippen molar-refractivity contribution in [1.29, 1.82) is 0 Å². The molecule has 0 amide bonds. The van der Waals surface area contributed by atoms with Crippen molar-refractivity contribution < 1.29 is 9.50 Å². The summed E-state index contributed by atoms with van der Waals surface area (Å²) in [7, 11) is 0. The summed E-state index contributed by atoms with van der Waals surface area (Å²) in [6.45, 7) is 1.89. The summed E-state index contributed by atoms with van der Waals surface area (Å²) in [5.41, 5.74) is 2.49. The molecule has 3 N–H and O–H groups in total. The Labute approximate surface area is 160 Å². The molecule has 0 aliphatic heterocycles. The van der Waals surface area contributed by atoms with Crippen LogP contribution < -0.4 is 5.32 Å². The van der Waals surface area contributed by atoms with Crippen molar-refractivity contribution >= 4 is 22.6 Å². The van der Waals surface area contributed by atoms with Gasteiger partial charge in [-0.1, -0.05) is 0 Å². The van der Waals surface area contributed by atoms with Crippen molar-refractivity contribution in [3.63, 3.8) is 0 Å². The van der Waals surface area contributed by atoms with Crippen LogP contribution in [0.1, 0.15) is 32.6 Å². The Hall–Kier alpha value is -3.00. The molecule has 0 spiro atoms. The number of imidazole rings is 1. The summed E-state index contributed by atoms with van der Waals surface area (Å²) < 4.78 is 15.3. The molecule has 0 unspecified atom stereocenters. The number of rotatable bonds is 3. The molecule has 0 atom stereocenters. The molecule has 8 heteroatoms. The number of fused-ring (bicyclic) bond motifs is 2. The van der Waals surface area contributed by atoms with E-state index in [1.165, 1.54) is 10.6 Å². The lowest BCUT2D eigenvalue weighted by Gasteiger charge is -2.33. The van der Waals surface area contributed by atoms with Gasteiger partial charge in [0.1, 0.15) is 11.3 Å². The van der Waals surface area contributed by atoms with Gasteiger partial charge >= 0.3 is 0 Å². The van der Waals surface area contributed by atoms with Crippen molar-refractivity contribution in [3.05, 3.63) is 42.9 Å². The SMILES string of the molecule is C[C@]1(O)CC[C@H](Nc2ncc3c(-c4ccc5ncc(F)n5c4)c[nH]c3n2)CC1. The molecular weight excluding hydrogens is 359 g/mol. The molecule has 1 fully saturated rings. The van der Waals surface area contributed by atoms with Gasteiger partial charge in [-0.15, -0.1) is 0 Å². The Kier molecular flexibility index (Phi) is 3.83. The van der Waals surface area contributed by atoms with Crippen LogP contribution in [0.25, 0.3) is 27.8 Å². The van der Waals surface area contributed by atoms with E-state index in [0.717, 1.165) is 47.8 Å². The summed E-state index contributed by atoms with van der Waals surface area (Å²) >= 11 is 0. The fourth-order valence-corrected chi connectivity index (χ4v) is 3.89. The quantitative estimate of drug-likeness (QED) is 0.506. The molecule has 1 saturated carbocycles. The molecule has 5 rings (SSSR count). The number of anilines is 1. The summed E-state index contributed by atoms with van der Waals surface area (Å²) in [5, 5.41) is 14.3. The van der Waals surface area contributed by atoms with Crippen molar-refractivity contribution in [2.75, 3.05) is 5.32 Å². The van der Waals surface area contributed by atoms with Gasteiger partial charge in [-0.25, -0.2) is 9.97 Å². The van der Waals surface area contributed by atoms with Gasteiger partial charge in [0.25, 0.3) is 0 Å². The highest BCUT2D eigenvalue weighted by Crippen LogP contribution is 2.31. The predicted molar refractivity (Wildman–Crippen MR) is 105 cm³/mol. The van der Waals surface area contributed by atoms with E-state index in [1.54, 1.807) is 18.5 Å². The maximum Gasteiger partial charge on any atom is 0.224 e. The summed E-state index contributed by atoms with van der Waals surface area (Å²) in [4.78, 5) is 16.3. The monoisotopic (exact) mass is 380 g/mol. The van der Waals surface area contributed by atoms with Crippen molar-refractivity contribution in [1.82, 2.24) is 24.3 Å². The zero-order chi connectivity index (χ0) is 19.3. The Morgan fingerprint density at radius 3 is 2.89 bits per heavy atom.